The van der Waals surface area contributed by atoms with Crippen LogP contribution in [0.1, 0.15) is 33.8 Å². The van der Waals surface area contributed by atoms with Gasteiger partial charge in [0, 0.05) is 0 Å². The van der Waals surface area contributed by atoms with E-state index in [-0.39, 0.29) is 18.6 Å². The van der Waals surface area contributed by atoms with Gasteiger partial charge in [-0.05, 0) is 29.0 Å². The van der Waals surface area contributed by atoms with Gasteiger partial charge >= 0.3 is 0 Å². The molecule has 1 unspecified atom stereocenters. The molecule has 1 amide bonds. The van der Waals surface area contributed by atoms with Gasteiger partial charge in [-0.2, -0.15) is 0 Å². The summed E-state index contributed by atoms with van der Waals surface area (Å²) in [7, 11) is 0. The van der Waals surface area contributed by atoms with Gasteiger partial charge in [-0.25, -0.2) is 0 Å². The number of hydrogen-bond donors (Lipinski definition) is 2. The molecule has 1 heterocycles. The van der Waals surface area contributed by atoms with Crippen molar-refractivity contribution in [2.24, 2.45) is 0 Å². The van der Waals surface area contributed by atoms with Crippen LogP contribution in [-0.2, 0) is 6.42 Å². The molecule has 0 aliphatic carbocycles. The number of hydrogen-bond acceptors (Lipinski definition) is 3. The van der Waals surface area contributed by atoms with E-state index in [0.29, 0.717) is 0 Å². The van der Waals surface area contributed by atoms with E-state index in [1.54, 1.807) is 0 Å². The third-order valence-electron chi connectivity index (χ3n) is 3.02. The fourth-order valence-corrected chi connectivity index (χ4v) is 2.85. The molecule has 0 spiro atoms. The molecule has 2 aromatic rings. The summed E-state index contributed by atoms with van der Waals surface area (Å²) in [5.74, 6) is -0.116. The number of aliphatic hydroxyl groups is 1. The highest BCUT2D eigenvalue weighted by molar-refractivity contribution is 7.12. The smallest absolute Gasteiger partial charge is 0.262 e. The van der Waals surface area contributed by atoms with Crippen LogP contribution in [0.15, 0.2) is 41.8 Å². The second-order valence-corrected chi connectivity index (χ2v) is 5.16. The predicted molar refractivity (Wildman–Crippen MR) is 77.4 cm³/mol. The number of rotatable bonds is 5. The second kappa shape index (κ2) is 6.50. The third-order valence-corrected chi connectivity index (χ3v) is 3.98. The summed E-state index contributed by atoms with van der Waals surface area (Å²) in [6, 6.07) is 11.1. The Morgan fingerprint density at radius 1 is 1.32 bits per heavy atom. The number of carbonyl (C=O) groups excluding carboxylic acids is 1. The Kier molecular flexibility index (Phi) is 4.71. The molecule has 0 saturated heterocycles. The molecular formula is C15H17NO2S. The van der Waals surface area contributed by atoms with Crippen LogP contribution < -0.4 is 5.32 Å². The van der Waals surface area contributed by atoms with Gasteiger partial charge in [-0.1, -0.05) is 37.3 Å². The van der Waals surface area contributed by atoms with E-state index < -0.39 is 0 Å². The van der Waals surface area contributed by atoms with Crippen LogP contribution >= 0.6 is 11.3 Å². The normalized spacial score (nSPS) is 12.1. The van der Waals surface area contributed by atoms with E-state index in [9.17, 15) is 9.90 Å². The number of carbonyl (C=O) groups is 1. The van der Waals surface area contributed by atoms with E-state index in [2.05, 4.69) is 5.32 Å². The van der Waals surface area contributed by atoms with Gasteiger partial charge in [-0.15, -0.1) is 11.3 Å². The molecule has 19 heavy (non-hydrogen) atoms. The molecule has 3 nitrogen and oxygen atoms in total. The Labute approximate surface area is 116 Å². The molecule has 0 bridgehead atoms. The van der Waals surface area contributed by atoms with Crippen molar-refractivity contribution in [2.45, 2.75) is 19.4 Å². The van der Waals surface area contributed by atoms with Gasteiger partial charge in [0.1, 0.15) is 0 Å². The van der Waals surface area contributed by atoms with E-state index in [4.69, 9.17) is 0 Å². The Morgan fingerprint density at radius 3 is 2.68 bits per heavy atom. The number of nitrogens with one attached hydrogen (secondary N) is 1. The molecule has 2 rings (SSSR count). The first-order chi connectivity index (χ1) is 9.26. The Morgan fingerprint density at radius 2 is 2.05 bits per heavy atom. The molecule has 0 saturated carbocycles. The van der Waals surface area contributed by atoms with E-state index in [1.807, 2.05) is 48.7 Å². The highest BCUT2D eigenvalue weighted by Gasteiger charge is 2.17. The van der Waals surface area contributed by atoms with E-state index in [0.717, 1.165) is 22.4 Å². The number of amides is 1. The molecule has 1 aromatic heterocycles. The summed E-state index contributed by atoms with van der Waals surface area (Å²) in [5, 5.41) is 14.2. The average molecular weight is 275 g/mol. The van der Waals surface area contributed by atoms with Crippen LogP contribution in [-0.4, -0.2) is 17.6 Å². The van der Waals surface area contributed by atoms with Crippen LogP contribution in [0.3, 0.4) is 0 Å². The zero-order valence-corrected chi connectivity index (χ0v) is 11.6. The molecule has 0 radical (unpaired) electrons. The Bertz CT molecular complexity index is 536. The summed E-state index contributed by atoms with van der Waals surface area (Å²) in [4.78, 5) is 12.9. The molecule has 4 heteroatoms. The fraction of sp³-hybridized carbons (Fsp3) is 0.267. The van der Waals surface area contributed by atoms with Crippen molar-refractivity contribution in [3.8, 4) is 0 Å². The highest BCUT2D eigenvalue weighted by atomic mass is 32.1. The highest BCUT2D eigenvalue weighted by Crippen LogP contribution is 2.19. The van der Waals surface area contributed by atoms with Crippen LogP contribution in [0, 0.1) is 0 Å². The minimum Gasteiger partial charge on any atom is -0.394 e. The molecule has 0 fully saturated rings. The minimum atomic E-state index is -0.361. The predicted octanol–water partition coefficient (Wildman–Crippen LogP) is 2.77. The van der Waals surface area contributed by atoms with Gasteiger partial charge in [0.15, 0.2) is 0 Å². The van der Waals surface area contributed by atoms with Crippen LogP contribution in [0.25, 0.3) is 0 Å². The van der Waals surface area contributed by atoms with Crippen LogP contribution in [0.4, 0.5) is 0 Å². The minimum absolute atomic E-state index is 0.109. The molecule has 2 N–H and O–H groups in total. The number of thiophene rings is 1. The standard InChI is InChI=1S/C15H17NO2S/c1-2-11-8-9-19-14(11)15(18)16-13(10-17)12-6-4-3-5-7-12/h3-9,13,17H,2,10H2,1H3,(H,16,18). The SMILES string of the molecule is CCc1ccsc1C(=O)NC(CO)c1ccccc1. The van der Waals surface area contributed by atoms with Gasteiger partial charge < -0.3 is 10.4 Å². The summed E-state index contributed by atoms with van der Waals surface area (Å²) in [6.45, 7) is 1.92. The zero-order chi connectivity index (χ0) is 13.7. The van der Waals surface area contributed by atoms with Crippen molar-refractivity contribution in [1.82, 2.24) is 5.32 Å². The average Bonchev–Trinajstić information content (AvgIpc) is 2.94. The van der Waals surface area contributed by atoms with E-state index in [1.165, 1.54) is 11.3 Å². The monoisotopic (exact) mass is 275 g/mol. The lowest BCUT2D eigenvalue weighted by Crippen LogP contribution is -2.30. The van der Waals surface area contributed by atoms with Gasteiger partial charge in [-0.3, -0.25) is 4.79 Å². The van der Waals surface area contributed by atoms with Crippen molar-refractivity contribution in [1.29, 1.82) is 0 Å². The number of benzene rings is 1. The van der Waals surface area contributed by atoms with Crippen molar-refractivity contribution in [3.05, 3.63) is 57.8 Å². The maximum Gasteiger partial charge on any atom is 0.262 e. The lowest BCUT2D eigenvalue weighted by atomic mass is 10.1. The van der Waals surface area contributed by atoms with Crippen molar-refractivity contribution < 1.29 is 9.90 Å². The second-order valence-electron chi connectivity index (χ2n) is 4.25. The lowest BCUT2D eigenvalue weighted by molar-refractivity contribution is 0.0919. The Balaban J connectivity index is 2.13. The molecule has 0 aliphatic rings. The van der Waals surface area contributed by atoms with Crippen LogP contribution in [0.2, 0.25) is 0 Å². The zero-order valence-electron chi connectivity index (χ0n) is 10.8. The van der Waals surface area contributed by atoms with Crippen LogP contribution in [0.5, 0.6) is 0 Å². The van der Waals surface area contributed by atoms with Crippen molar-refractivity contribution in [2.75, 3.05) is 6.61 Å². The summed E-state index contributed by atoms with van der Waals surface area (Å²) in [6.07, 6.45) is 0.835. The van der Waals surface area contributed by atoms with Crippen molar-refractivity contribution >= 4 is 17.2 Å². The van der Waals surface area contributed by atoms with E-state index >= 15 is 0 Å². The molecule has 0 aliphatic heterocycles. The molecule has 100 valence electrons. The van der Waals surface area contributed by atoms with Crippen molar-refractivity contribution in [3.63, 3.8) is 0 Å². The first-order valence-electron chi connectivity index (χ1n) is 6.29. The van der Waals surface area contributed by atoms with Gasteiger partial charge in [0.2, 0.25) is 0 Å². The van der Waals surface area contributed by atoms with Gasteiger partial charge in [0.25, 0.3) is 5.91 Å². The maximum atomic E-state index is 12.2. The molecular weight excluding hydrogens is 258 g/mol. The maximum absolute atomic E-state index is 12.2. The summed E-state index contributed by atoms with van der Waals surface area (Å²) >= 11 is 1.44. The fourth-order valence-electron chi connectivity index (χ4n) is 1.96. The topological polar surface area (TPSA) is 49.3 Å². The first-order valence-corrected chi connectivity index (χ1v) is 7.17. The molecule has 1 atom stereocenters. The number of aryl methyl sites for hydroxylation is 1. The largest absolute Gasteiger partial charge is 0.394 e. The first kappa shape index (κ1) is 13.8. The lowest BCUT2D eigenvalue weighted by Gasteiger charge is -2.16. The summed E-state index contributed by atoms with van der Waals surface area (Å²) < 4.78 is 0. The Hall–Kier alpha value is -1.65. The third kappa shape index (κ3) is 3.22. The number of aliphatic hydroxyl groups excluding tert-OH is 1. The molecule has 1 aromatic carbocycles. The quantitative estimate of drug-likeness (QED) is 0.881. The summed E-state index contributed by atoms with van der Waals surface area (Å²) in [5.41, 5.74) is 1.96. The van der Waals surface area contributed by atoms with Gasteiger partial charge in [0.05, 0.1) is 17.5 Å².